The molecule has 0 fully saturated rings. The lowest BCUT2D eigenvalue weighted by atomic mass is 10.1. The molecule has 4 heteroatoms. The Kier molecular flexibility index (Phi) is 1.84. The number of halogens is 1. The lowest BCUT2D eigenvalue weighted by molar-refractivity contribution is 0.620. The molecule has 0 spiro atoms. The van der Waals surface area contributed by atoms with Crippen LogP contribution in [0.3, 0.4) is 0 Å². The van der Waals surface area contributed by atoms with E-state index in [9.17, 15) is 4.39 Å². The van der Waals surface area contributed by atoms with Crippen LogP contribution in [-0.4, -0.2) is 9.97 Å². The van der Waals surface area contributed by atoms with Crippen molar-refractivity contribution in [3.63, 3.8) is 0 Å². The lowest BCUT2D eigenvalue weighted by Gasteiger charge is -2.04. The fraction of sp³-hybridized carbons (Fsp3) is 0.200. The summed E-state index contributed by atoms with van der Waals surface area (Å²) in [5.74, 6) is 0.684. The van der Waals surface area contributed by atoms with Crippen molar-refractivity contribution in [3.05, 3.63) is 29.3 Å². The molecule has 14 heavy (non-hydrogen) atoms. The highest BCUT2D eigenvalue weighted by molar-refractivity contribution is 5.88. The van der Waals surface area contributed by atoms with Crippen LogP contribution in [0.25, 0.3) is 10.9 Å². The quantitative estimate of drug-likeness (QED) is 0.692. The number of hydrogen-bond acceptors (Lipinski definition) is 3. The Hall–Kier alpha value is -1.71. The largest absolute Gasteiger partial charge is 0.383 e. The Labute approximate surface area is 80.8 Å². The number of hydrogen-bond donors (Lipinski definition) is 1. The van der Waals surface area contributed by atoms with Crippen LogP contribution in [-0.2, 0) is 0 Å². The molecule has 0 aliphatic carbocycles. The van der Waals surface area contributed by atoms with E-state index in [1.807, 2.05) is 0 Å². The molecular weight excluding hydrogens is 181 g/mol. The molecule has 0 atom stereocenters. The minimum atomic E-state index is -0.269. The third-order valence-electron chi connectivity index (χ3n) is 2.12. The van der Waals surface area contributed by atoms with Gasteiger partial charge < -0.3 is 5.73 Å². The Morgan fingerprint density at radius 2 is 1.93 bits per heavy atom. The molecule has 0 unspecified atom stereocenters. The van der Waals surface area contributed by atoms with Gasteiger partial charge in [0.05, 0.1) is 5.52 Å². The van der Waals surface area contributed by atoms with E-state index < -0.39 is 0 Å². The van der Waals surface area contributed by atoms with Crippen LogP contribution in [0.4, 0.5) is 10.2 Å². The number of aromatic nitrogens is 2. The van der Waals surface area contributed by atoms with Crippen molar-refractivity contribution in [1.29, 1.82) is 0 Å². The fourth-order valence-corrected chi connectivity index (χ4v) is 1.40. The number of nitrogens with zero attached hydrogens (tertiary/aromatic N) is 2. The van der Waals surface area contributed by atoms with E-state index in [4.69, 9.17) is 5.73 Å². The summed E-state index contributed by atoms with van der Waals surface area (Å²) in [6.45, 7) is 3.42. The maximum absolute atomic E-state index is 13.2. The standard InChI is InChI=1S/C10H10FN3/c1-5-3-7-9(4-8(5)11)13-6(2)14-10(7)12/h3-4H,1-2H3,(H2,12,13,14). The van der Waals surface area contributed by atoms with E-state index in [0.717, 1.165) is 0 Å². The molecule has 0 bridgehead atoms. The smallest absolute Gasteiger partial charge is 0.135 e. The molecule has 0 aliphatic rings. The van der Waals surface area contributed by atoms with Gasteiger partial charge in [0, 0.05) is 11.5 Å². The van der Waals surface area contributed by atoms with Gasteiger partial charge in [0.25, 0.3) is 0 Å². The Bertz CT molecular complexity index is 508. The van der Waals surface area contributed by atoms with Crippen molar-refractivity contribution in [2.24, 2.45) is 0 Å². The van der Waals surface area contributed by atoms with E-state index in [1.165, 1.54) is 6.07 Å². The summed E-state index contributed by atoms with van der Waals surface area (Å²) in [5.41, 5.74) is 6.81. The second-order valence-corrected chi connectivity index (χ2v) is 3.27. The molecule has 0 amide bonds. The molecule has 2 aromatic rings. The van der Waals surface area contributed by atoms with Gasteiger partial charge in [-0.1, -0.05) is 0 Å². The lowest BCUT2D eigenvalue weighted by Crippen LogP contribution is -1.98. The molecule has 0 saturated carbocycles. The number of aryl methyl sites for hydroxylation is 2. The van der Waals surface area contributed by atoms with Gasteiger partial charge in [-0.2, -0.15) is 0 Å². The predicted molar refractivity (Wildman–Crippen MR) is 53.4 cm³/mol. The zero-order valence-corrected chi connectivity index (χ0v) is 8.00. The second kappa shape index (κ2) is 2.90. The van der Waals surface area contributed by atoms with Crippen molar-refractivity contribution in [3.8, 4) is 0 Å². The summed E-state index contributed by atoms with van der Waals surface area (Å²) in [6, 6.07) is 3.05. The predicted octanol–water partition coefficient (Wildman–Crippen LogP) is 1.97. The van der Waals surface area contributed by atoms with Crippen LogP contribution < -0.4 is 5.73 Å². The van der Waals surface area contributed by atoms with Crippen molar-refractivity contribution in [1.82, 2.24) is 9.97 Å². The maximum Gasteiger partial charge on any atom is 0.135 e. The SMILES string of the molecule is Cc1nc(N)c2cc(C)c(F)cc2n1. The zero-order valence-electron chi connectivity index (χ0n) is 8.00. The molecule has 0 radical (unpaired) electrons. The highest BCUT2D eigenvalue weighted by atomic mass is 19.1. The fourth-order valence-electron chi connectivity index (χ4n) is 1.40. The summed E-state index contributed by atoms with van der Waals surface area (Å²) >= 11 is 0. The second-order valence-electron chi connectivity index (χ2n) is 3.27. The summed E-state index contributed by atoms with van der Waals surface area (Å²) in [6.07, 6.45) is 0. The third kappa shape index (κ3) is 1.28. The third-order valence-corrected chi connectivity index (χ3v) is 2.12. The Morgan fingerprint density at radius 3 is 2.64 bits per heavy atom. The molecule has 0 aliphatic heterocycles. The first-order chi connectivity index (χ1) is 6.58. The summed E-state index contributed by atoms with van der Waals surface area (Å²) in [5, 5.41) is 0.703. The molecule has 1 aromatic carbocycles. The molecule has 1 heterocycles. The first kappa shape index (κ1) is 8.87. The van der Waals surface area contributed by atoms with Crippen LogP contribution in [0.2, 0.25) is 0 Å². The van der Waals surface area contributed by atoms with E-state index in [-0.39, 0.29) is 5.82 Å². The summed E-state index contributed by atoms with van der Waals surface area (Å²) < 4.78 is 13.2. The average Bonchev–Trinajstić information content (AvgIpc) is 2.08. The van der Waals surface area contributed by atoms with Crippen molar-refractivity contribution in [2.45, 2.75) is 13.8 Å². The molecule has 72 valence electrons. The number of nitrogen functional groups attached to an aromatic ring is 1. The van der Waals surface area contributed by atoms with Crippen molar-refractivity contribution < 1.29 is 4.39 Å². The van der Waals surface area contributed by atoms with Gasteiger partial charge >= 0.3 is 0 Å². The van der Waals surface area contributed by atoms with Gasteiger partial charge in [0.1, 0.15) is 17.5 Å². The first-order valence-corrected chi connectivity index (χ1v) is 4.28. The number of anilines is 1. The molecule has 1 aromatic heterocycles. The topological polar surface area (TPSA) is 51.8 Å². The molecule has 2 rings (SSSR count). The number of rotatable bonds is 0. The normalized spacial score (nSPS) is 10.8. The van der Waals surface area contributed by atoms with Crippen molar-refractivity contribution >= 4 is 16.7 Å². The summed E-state index contributed by atoms with van der Waals surface area (Å²) in [4.78, 5) is 8.12. The molecule has 2 N–H and O–H groups in total. The minimum absolute atomic E-state index is 0.269. The highest BCUT2D eigenvalue weighted by Crippen LogP contribution is 2.21. The van der Waals surface area contributed by atoms with E-state index in [0.29, 0.717) is 28.1 Å². The highest BCUT2D eigenvalue weighted by Gasteiger charge is 2.06. The van der Waals surface area contributed by atoms with E-state index in [2.05, 4.69) is 9.97 Å². The molecular formula is C10H10FN3. The monoisotopic (exact) mass is 191 g/mol. The van der Waals surface area contributed by atoms with E-state index in [1.54, 1.807) is 19.9 Å². The van der Waals surface area contributed by atoms with Crippen LogP contribution >= 0.6 is 0 Å². The summed E-state index contributed by atoms with van der Waals surface area (Å²) in [7, 11) is 0. The van der Waals surface area contributed by atoms with Gasteiger partial charge in [0.2, 0.25) is 0 Å². The van der Waals surface area contributed by atoms with Gasteiger partial charge in [0.15, 0.2) is 0 Å². The molecule has 3 nitrogen and oxygen atoms in total. The zero-order chi connectivity index (χ0) is 10.3. The van der Waals surface area contributed by atoms with Crippen LogP contribution in [0.1, 0.15) is 11.4 Å². The average molecular weight is 191 g/mol. The van der Waals surface area contributed by atoms with Crippen LogP contribution in [0.5, 0.6) is 0 Å². The molecule has 0 saturated heterocycles. The van der Waals surface area contributed by atoms with Gasteiger partial charge in [-0.3, -0.25) is 0 Å². The number of nitrogens with two attached hydrogens (primary N) is 1. The maximum atomic E-state index is 13.2. The van der Waals surface area contributed by atoms with Crippen molar-refractivity contribution in [2.75, 3.05) is 5.73 Å². The first-order valence-electron chi connectivity index (χ1n) is 4.28. The van der Waals surface area contributed by atoms with Crippen LogP contribution in [0.15, 0.2) is 12.1 Å². The van der Waals surface area contributed by atoms with E-state index >= 15 is 0 Å². The van der Waals surface area contributed by atoms with Gasteiger partial charge in [-0.05, 0) is 25.5 Å². The number of benzene rings is 1. The van der Waals surface area contributed by atoms with Gasteiger partial charge in [-0.25, -0.2) is 14.4 Å². The Morgan fingerprint density at radius 1 is 1.21 bits per heavy atom. The van der Waals surface area contributed by atoms with Crippen LogP contribution in [0, 0.1) is 19.7 Å². The number of fused-ring (bicyclic) bond motifs is 1. The van der Waals surface area contributed by atoms with Gasteiger partial charge in [-0.15, -0.1) is 0 Å². The minimum Gasteiger partial charge on any atom is -0.383 e. The Balaban J connectivity index is 2.89.